The van der Waals surface area contributed by atoms with Gasteiger partial charge in [-0.2, -0.15) is 0 Å². The molecule has 0 aromatic heterocycles. The summed E-state index contributed by atoms with van der Waals surface area (Å²) in [4.78, 5) is 2.61. The summed E-state index contributed by atoms with van der Waals surface area (Å²) in [5.41, 5.74) is 1.63. The second-order valence-corrected chi connectivity index (χ2v) is 6.84. The van der Waals surface area contributed by atoms with E-state index < -0.39 is 0 Å². The summed E-state index contributed by atoms with van der Waals surface area (Å²) in [5.74, 6) is 0. The van der Waals surface area contributed by atoms with Gasteiger partial charge in [0, 0.05) is 36.2 Å². The van der Waals surface area contributed by atoms with Crippen molar-refractivity contribution in [3.63, 3.8) is 0 Å². The van der Waals surface area contributed by atoms with Crippen molar-refractivity contribution in [2.45, 2.75) is 50.6 Å². The van der Waals surface area contributed by atoms with Gasteiger partial charge in [-0.1, -0.05) is 49.1 Å². The minimum Gasteiger partial charge on any atom is -0.309 e. The molecule has 110 valence electrons. The van der Waals surface area contributed by atoms with Crippen LogP contribution in [0.4, 0.5) is 0 Å². The predicted molar refractivity (Wildman–Crippen MR) is 85.3 cm³/mol. The van der Waals surface area contributed by atoms with Crippen LogP contribution in [0.3, 0.4) is 0 Å². The van der Waals surface area contributed by atoms with Crippen LogP contribution in [0.25, 0.3) is 0 Å². The number of benzene rings is 1. The number of hydrogen-bond donors (Lipinski definition) is 1. The Balaban J connectivity index is 1.75. The van der Waals surface area contributed by atoms with E-state index in [9.17, 15) is 0 Å². The number of hydrogen-bond acceptors (Lipinski definition) is 2. The van der Waals surface area contributed by atoms with Crippen molar-refractivity contribution >= 4 is 11.6 Å². The molecule has 1 aliphatic carbocycles. The van der Waals surface area contributed by atoms with Gasteiger partial charge in [0.05, 0.1) is 0 Å². The Hall–Kier alpha value is -0.570. The summed E-state index contributed by atoms with van der Waals surface area (Å²) in [6.07, 6.45) is 6.82. The second-order valence-electron chi connectivity index (χ2n) is 6.44. The number of nitrogens with zero attached hydrogens (tertiary/aromatic N) is 1. The van der Waals surface area contributed by atoms with Crippen LogP contribution in [-0.4, -0.2) is 30.1 Å². The molecular formula is C17H25ClN2. The first-order chi connectivity index (χ1) is 9.70. The van der Waals surface area contributed by atoms with E-state index in [1.807, 2.05) is 12.1 Å². The average Bonchev–Trinajstić information content (AvgIpc) is 2.48. The van der Waals surface area contributed by atoms with Crippen LogP contribution >= 0.6 is 11.6 Å². The first kappa shape index (κ1) is 14.4. The van der Waals surface area contributed by atoms with Gasteiger partial charge in [0.25, 0.3) is 0 Å². The van der Waals surface area contributed by atoms with Crippen molar-refractivity contribution in [1.82, 2.24) is 10.2 Å². The molecule has 1 atom stereocenters. The molecule has 2 fully saturated rings. The summed E-state index contributed by atoms with van der Waals surface area (Å²) in [6.45, 7) is 5.69. The minimum atomic E-state index is 0.367. The molecule has 0 bridgehead atoms. The smallest absolute Gasteiger partial charge is 0.0453 e. The molecule has 2 aliphatic rings. The molecule has 0 amide bonds. The van der Waals surface area contributed by atoms with E-state index >= 15 is 0 Å². The fourth-order valence-electron chi connectivity index (χ4n) is 3.89. The van der Waals surface area contributed by atoms with Crippen molar-refractivity contribution in [1.29, 1.82) is 0 Å². The molecule has 1 aromatic carbocycles. The molecule has 1 unspecified atom stereocenters. The van der Waals surface area contributed by atoms with Crippen LogP contribution in [0, 0.1) is 0 Å². The summed E-state index contributed by atoms with van der Waals surface area (Å²) in [7, 11) is 0. The second kappa shape index (κ2) is 6.05. The normalized spacial score (nSPS) is 24.7. The highest BCUT2D eigenvalue weighted by molar-refractivity contribution is 6.31. The van der Waals surface area contributed by atoms with Crippen molar-refractivity contribution < 1.29 is 0 Å². The summed E-state index contributed by atoms with van der Waals surface area (Å²) >= 11 is 6.37. The lowest BCUT2D eigenvalue weighted by atomic mass is 9.79. The Morgan fingerprint density at radius 3 is 2.70 bits per heavy atom. The van der Waals surface area contributed by atoms with Gasteiger partial charge in [-0.25, -0.2) is 0 Å². The quantitative estimate of drug-likeness (QED) is 0.886. The van der Waals surface area contributed by atoms with Crippen LogP contribution in [0.1, 0.15) is 50.6 Å². The SMILES string of the molecule is CC(c1ccccc1Cl)N1CCNC2(CCCCC2)C1. The Bertz CT molecular complexity index is 449. The van der Waals surface area contributed by atoms with Gasteiger partial charge in [-0.15, -0.1) is 0 Å². The molecule has 2 nitrogen and oxygen atoms in total. The molecule has 1 spiro atoms. The highest BCUT2D eigenvalue weighted by atomic mass is 35.5. The third-order valence-corrected chi connectivity index (χ3v) is 5.46. The molecule has 3 heteroatoms. The molecule has 1 aliphatic heterocycles. The van der Waals surface area contributed by atoms with E-state index in [1.165, 1.54) is 44.2 Å². The third kappa shape index (κ3) is 2.88. The topological polar surface area (TPSA) is 15.3 Å². The van der Waals surface area contributed by atoms with E-state index in [4.69, 9.17) is 11.6 Å². The standard InChI is InChI=1S/C17H25ClN2/c1-14(15-7-3-4-8-16(15)18)20-12-11-19-17(13-20)9-5-2-6-10-17/h3-4,7-8,14,19H,2,5-6,9-13H2,1H3. The fraction of sp³-hybridized carbons (Fsp3) is 0.647. The van der Waals surface area contributed by atoms with Gasteiger partial charge in [0.15, 0.2) is 0 Å². The van der Waals surface area contributed by atoms with E-state index in [1.54, 1.807) is 0 Å². The Kier molecular flexibility index (Phi) is 4.34. The lowest BCUT2D eigenvalue weighted by Gasteiger charge is -2.48. The lowest BCUT2D eigenvalue weighted by molar-refractivity contribution is 0.0730. The van der Waals surface area contributed by atoms with Crippen molar-refractivity contribution in [2.75, 3.05) is 19.6 Å². The van der Waals surface area contributed by atoms with Crippen LogP contribution in [-0.2, 0) is 0 Å². The van der Waals surface area contributed by atoms with Gasteiger partial charge in [-0.3, -0.25) is 4.90 Å². The van der Waals surface area contributed by atoms with E-state index in [0.717, 1.165) is 18.1 Å². The summed E-state index contributed by atoms with van der Waals surface area (Å²) in [5, 5.41) is 4.71. The first-order valence-electron chi connectivity index (χ1n) is 7.94. The van der Waals surface area contributed by atoms with Gasteiger partial charge < -0.3 is 5.32 Å². The van der Waals surface area contributed by atoms with Crippen molar-refractivity contribution in [2.24, 2.45) is 0 Å². The summed E-state index contributed by atoms with van der Waals surface area (Å²) < 4.78 is 0. The van der Waals surface area contributed by atoms with Crippen molar-refractivity contribution in [3.05, 3.63) is 34.9 Å². The van der Waals surface area contributed by atoms with Gasteiger partial charge in [0.1, 0.15) is 0 Å². The van der Waals surface area contributed by atoms with Crippen molar-refractivity contribution in [3.8, 4) is 0 Å². The van der Waals surface area contributed by atoms with E-state index in [-0.39, 0.29) is 0 Å². The highest BCUT2D eigenvalue weighted by Crippen LogP contribution is 2.34. The lowest BCUT2D eigenvalue weighted by Crippen LogP contribution is -2.61. The molecule has 1 heterocycles. The zero-order valence-electron chi connectivity index (χ0n) is 12.4. The number of halogens is 1. The zero-order chi connectivity index (χ0) is 14.0. The van der Waals surface area contributed by atoms with Gasteiger partial charge in [-0.05, 0) is 31.4 Å². The van der Waals surface area contributed by atoms with Gasteiger partial charge in [0.2, 0.25) is 0 Å². The number of nitrogens with one attached hydrogen (secondary N) is 1. The van der Waals surface area contributed by atoms with Crippen LogP contribution in [0.2, 0.25) is 5.02 Å². The summed E-state index contributed by atoms with van der Waals surface area (Å²) in [6, 6.07) is 8.69. The van der Waals surface area contributed by atoms with E-state index in [0.29, 0.717) is 11.6 Å². The Morgan fingerprint density at radius 1 is 1.20 bits per heavy atom. The largest absolute Gasteiger partial charge is 0.309 e. The molecule has 1 aromatic rings. The maximum absolute atomic E-state index is 6.37. The minimum absolute atomic E-state index is 0.367. The maximum Gasteiger partial charge on any atom is 0.0453 e. The number of piperazine rings is 1. The Morgan fingerprint density at radius 2 is 1.95 bits per heavy atom. The van der Waals surface area contributed by atoms with Crippen LogP contribution < -0.4 is 5.32 Å². The van der Waals surface area contributed by atoms with E-state index in [2.05, 4.69) is 29.3 Å². The molecule has 1 N–H and O–H groups in total. The molecule has 3 rings (SSSR count). The van der Waals surface area contributed by atoms with Crippen LogP contribution in [0.15, 0.2) is 24.3 Å². The molecule has 20 heavy (non-hydrogen) atoms. The monoisotopic (exact) mass is 292 g/mol. The molecule has 1 saturated heterocycles. The van der Waals surface area contributed by atoms with Crippen LogP contribution in [0.5, 0.6) is 0 Å². The molecular weight excluding hydrogens is 268 g/mol. The van der Waals surface area contributed by atoms with Gasteiger partial charge >= 0.3 is 0 Å². The Labute approximate surface area is 127 Å². The first-order valence-corrected chi connectivity index (χ1v) is 8.32. The maximum atomic E-state index is 6.37. The molecule has 1 saturated carbocycles. The molecule has 0 radical (unpaired) electrons. The highest BCUT2D eigenvalue weighted by Gasteiger charge is 2.37. The average molecular weight is 293 g/mol. The fourth-order valence-corrected chi connectivity index (χ4v) is 4.19. The zero-order valence-corrected chi connectivity index (χ0v) is 13.1. The predicted octanol–water partition coefficient (Wildman–Crippen LogP) is 4.01. The third-order valence-electron chi connectivity index (χ3n) is 5.12. The number of rotatable bonds is 2.